The van der Waals surface area contributed by atoms with Gasteiger partial charge in [-0.15, -0.1) is 11.3 Å². The van der Waals surface area contributed by atoms with Crippen LogP contribution in [0.4, 0.5) is 0 Å². The molecule has 0 saturated heterocycles. The lowest BCUT2D eigenvalue weighted by molar-refractivity contribution is 0.906. The number of aromatic nitrogens is 1. The molecule has 0 aliphatic heterocycles. The summed E-state index contributed by atoms with van der Waals surface area (Å²) >= 11 is 5.66. The lowest BCUT2D eigenvalue weighted by atomic mass is 10.1. The number of hydrogen-bond acceptors (Lipinski definition) is 2. The van der Waals surface area contributed by atoms with Crippen molar-refractivity contribution in [3.63, 3.8) is 0 Å². The van der Waals surface area contributed by atoms with E-state index in [2.05, 4.69) is 64.2 Å². The van der Waals surface area contributed by atoms with E-state index in [1.165, 1.54) is 26.2 Å². The Labute approximate surface area is 125 Å². The molecule has 1 unspecified atom stereocenters. The number of alkyl halides is 1. The molecule has 3 aromatic rings. The Morgan fingerprint density at radius 3 is 2.84 bits per heavy atom. The van der Waals surface area contributed by atoms with E-state index < -0.39 is 0 Å². The fraction of sp³-hybridized carbons (Fsp3) is 0.188. The lowest BCUT2D eigenvalue weighted by Crippen LogP contribution is -1.98. The van der Waals surface area contributed by atoms with E-state index in [-0.39, 0.29) is 0 Å². The van der Waals surface area contributed by atoms with Crippen LogP contribution in [0.25, 0.3) is 10.1 Å². The number of rotatable bonds is 3. The number of hydrogen-bond donors (Lipinski definition) is 0. The van der Waals surface area contributed by atoms with Gasteiger partial charge in [0, 0.05) is 27.9 Å². The molecule has 0 radical (unpaired) electrons. The standard InChI is InChI=1S/C16H14BrNS/c1-11-5-4-8-18-14(11)10-13(17)16-9-12-6-2-3-7-15(12)19-16/h2-9,13H,10H2,1H3. The first kappa shape index (κ1) is 12.8. The molecular formula is C16H14BrNS. The van der Waals surface area contributed by atoms with Crippen molar-refractivity contribution in [1.82, 2.24) is 4.98 Å². The first-order chi connectivity index (χ1) is 9.24. The second-order valence-electron chi connectivity index (χ2n) is 4.63. The zero-order valence-corrected chi connectivity index (χ0v) is 13.0. The number of aryl methyl sites for hydroxylation is 1. The molecule has 1 aromatic carbocycles. The van der Waals surface area contributed by atoms with Crippen LogP contribution in [0.3, 0.4) is 0 Å². The zero-order chi connectivity index (χ0) is 13.2. The third-order valence-electron chi connectivity index (χ3n) is 3.24. The molecule has 2 aromatic heterocycles. The Hall–Kier alpha value is -1.19. The van der Waals surface area contributed by atoms with E-state index in [0.29, 0.717) is 4.83 Å². The van der Waals surface area contributed by atoms with Gasteiger partial charge in [0.05, 0.1) is 4.83 Å². The van der Waals surface area contributed by atoms with Crippen LogP contribution in [0.5, 0.6) is 0 Å². The largest absolute Gasteiger partial charge is 0.261 e. The number of thiophene rings is 1. The van der Waals surface area contributed by atoms with Crippen molar-refractivity contribution < 1.29 is 0 Å². The minimum Gasteiger partial charge on any atom is -0.261 e. The average Bonchev–Trinajstić information content (AvgIpc) is 2.85. The summed E-state index contributed by atoms with van der Waals surface area (Å²) in [6.07, 6.45) is 2.80. The van der Waals surface area contributed by atoms with E-state index in [9.17, 15) is 0 Å². The van der Waals surface area contributed by atoms with Gasteiger partial charge in [0.15, 0.2) is 0 Å². The van der Waals surface area contributed by atoms with Crippen molar-refractivity contribution in [3.8, 4) is 0 Å². The maximum Gasteiger partial charge on any atom is 0.0545 e. The highest BCUT2D eigenvalue weighted by atomic mass is 79.9. The van der Waals surface area contributed by atoms with Crippen LogP contribution < -0.4 is 0 Å². The van der Waals surface area contributed by atoms with Crippen LogP contribution >= 0.6 is 27.3 Å². The first-order valence-electron chi connectivity index (χ1n) is 6.27. The zero-order valence-electron chi connectivity index (χ0n) is 10.6. The highest BCUT2D eigenvalue weighted by Crippen LogP contribution is 2.36. The topological polar surface area (TPSA) is 12.9 Å². The Bertz CT molecular complexity index is 672. The summed E-state index contributed by atoms with van der Waals surface area (Å²) < 4.78 is 1.35. The Morgan fingerprint density at radius 1 is 1.21 bits per heavy atom. The first-order valence-corrected chi connectivity index (χ1v) is 8.00. The maximum atomic E-state index is 4.47. The monoisotopic (exact) mass is 331 g/mol. The predicted molar refractivity (Wildman–Crippen MR) is 86.2 cm³/mol. The van der Waals surface area contributed by atoms with Gasteiger partial charge in [0.2, 0.25) is 0 Å². The van der Waals surface area contributed by atoms with Crippen LogP contribution in [0.2, 0.25) is 0 Å². The number of fused-ring (bicyclic) bond motifs is 1. The number of halogens is 1. The molecule has 96 valence electrons. The second kappa shape index (κ2) is 5.43. The molecule has 0 N–H and O–H groups in total. The molecule has 3 rings (SSSR count). The molecular weight excluding hydrogens is 318 g/mol. The van der Waals surface area contributed by atoms with Gasteiger partial charge in [-0.25, -0.2) is 0 Å². The highest BCUT2D eigenvalue weighted by Gasteiger charge is 2.13. The molecule has 3 heteroatoms. The molecule has 1 nitrogen and oxygen atoms in total. The highest BCUT2D eigenvalue weighted by molar-refractivity contribution is 9.09. The minimum atomic E-state index is 0.332. The van der Waals surface area contributed by atoms with E-state index in [1.807, 2.05) is 23.6 Å². The van der Waals surface area contributed by atoms with Gasteiger partial charge < -0.3 is 0 Å². The molecule has 0 aliphatic rings. The van der Waals surface area contributed by atoms with Crippen molar-refractivity contribution in [3.05, 3.63) is 64.8 Å². The molecule has 0 spiro atoms. The molecule has 2 heterocycles. The van der Waals surface area contributed by atoms with Crippen LogP contribution in [0, 0.1) is 6.92 Å². The van der Waals surface area contributed by atoms with Crippen LogP contribution in [0.1, 0.15) is 21.0 Å². The lowest BCUT2D eigenvalue weighted by Gasteiger charge is -2.08. The van der Waals surface area contributed by atoms with Crippen molar-refractivity contribution >= 4 is 37.4 Å². The normalized spacial score (nSPS) is 12.7. The third kappa shape index (κ3) is 2.72. The van der Waals surface area contributed by atoms with Crippen LogP contribution in [0.15, 0.2) is 48.7 Å². The third-order valence-corrected chi connectivity index (χ3v) is 5.59. The second-order valence-corrected chi connectivity index (χ2v) is 6.85. The van der Waals surface area contributed by atoms with Gasteiger partial charge in [-0.2, -0.15) is 0 Å². The summed E-state index contributed by atoms with van der Waals surface area (Å²) in [5, 5.41) is 1.32. The fourth-order valence-corrected chi connectivity index (χ4v) is 3.92. The number of pyridine rings is 1. The molecule has 0 fully saturated rings. The molecule has 0 amide bonds. The van der Waals surface area contributed by atoms with Crippen molar-refractivity contribution in [2.45, 2.75) is 18.2 Å². The Morgan fingerprint density at radius 2 is 2.05 bits per heavy atom. The smallest absolute Gasteiger partial charge is 0.0545 e. The molecule has 1 atom stereocenters. The molecule has 0 saturated carbocycles. The molecule has 19 heavy (non-hydrogen) atoms. The van der Waals surface area contributed by atoms with Crippen LogP contribution in [-0.2, 0) is 6.42 Å². The fourth-order valence-electron chi connectivity index (χ4n) is 2.16. The summed E-state index contributed by atoms with van der Waals surface area (Å²) in [6, 6.07) is 14.9. The van der Waals surface area contributed by atoms with Crippen molar-refractivity contribution in [2.75, 3.05) is 0 Å². The summed E-state index contributed by atoms with van der Waals surface area (Å²) in [5.41, 5.74) is 2.43. The van der Waals surface area contributed by atoms with Gasteiger partial charge in [0.25, 0.3) is 0 Å². The SMILES string of the molecule is Cc1cccnc1CC(Br)c1cc2ccccc2s1. The van der Waals surface area contributed by atoms with Gasteiger partial charge in [-0.05, 0) is 36.1 Å². The quantitative estimate of drug-likeness (QED) is 0.594. The van der Waals surface area contributed by atoms with Gasteiger partial charge in [0.1, 0.15) is 0 Å². The molecule has 0 bridgehead atoms. The van der Waals surface area contributed by atoms with E-state index in [0.717, 1.165) is 6.42 Å². The molecule has 0 aliphatic carbocycles. The van der Waals surface area contributed by atoms with Crippen molar-refractivity contribution in [1.29, 1.82) is 0 Å². The van der Waals surface area contributed by atoms with E-state index in [1.54, 1.807) is 0 Å². The summed E-state index contributed by atoms with van der Waals surface area (Å²) in [7, 11) is 0. The maximum absolute atomic E-state index is 4.47. The minimum absolute atomic E-state index is 0.332. The van der Waals surface area contributed by atoms with Gasteiger partial charge >= 0.3 is 0 Å². The summed E-state index contributed by atoms with van der Waals surface area (Å²) in [6.45, 7) is 2.12. The van der Waals surface area contributed by atoms with Gasteiger partial charge in [-0.3, -0.25) is 4.98 Å². The average molecular weight is 332 g/mol. The van der Waals surface area contributed by atoms with Crippen molar-refractivity contribution in [2.24, 2.45) is 0 Å². The Balaban J connectivity index is 1.87. The Kier molecular flexibility index (Phi) is 3.67. The van der Waals surface area contributed by atoms with Gasteiger partial charge in [-0.1, -0.05) is 40.2 Å². The predicted octanol–water partition coefficient (Wildman–Crippen LogP) is 5.28. The van der Waals surface area contributed by atoms with Crippen LogP contribution in [-0.4, -0.2) is 4.98 Å². The number of benzene rings is 1. The summed E-state index contributed by atoms with van der Waals surface area (Å²) in [4.78, 5) is 6.17. The number of nitrogens with zero attached hydrogens (tertiary/aromatic N) is 1. The summed E-state index contributed by atoms with van der Waals surface area (Å²) in [5.74, 6) is 0. The van der Waals surface area contributed by atoms with E-state index >= 15 is 0 Å². The van der Waals surface area contributed by atoms with E-state index in [4.69, 9.17) is 0 Å².